The molecule has 4 nitrogen and oxygen atoms in total. The number of hydrogen-bond donors (Lipinski definition) is 2. The molecule has 2 aliphatic carbocycles. The predicted octanol–water partition coefficient (Wildman–Crippen LogP) is 0.127. The third kappa shape index (κ3) is 4.19. The summed E-state index contributed by atoms with van der Waals surface area (Å²) in [5.41, 5.74) is 0. The van der Waals surface area contributed by atoms with E-state index in [2.05, 4.69) is 10.6 Å². The van der Waals surface area contributed by atoms with E-state index in [1.165, 1.54) is 32.1 Å². The van der Waals surface area contributed by atoms with Crippen LogP contribution in [0.15, 0.2) is 0 Å². The Bertz CT molecular complexity index is 244. The zero-order chi connectivity index (χ0) is 12.1. The lowest BCUT2D eigenvalue weighted by molar-refractivity contribution is -0.726. The molecule has 0 heterocycles. The van der Waals surface area contributed by atoms with E-state index in [1.54, 1.807) is 0 Å². The number of carbonyl (C=O) groups excluding carboxylic acids is 1. The summed E-state index contributed by atoms with van der Waals surface area (Å²) >= 11 is 0. The molecule has 0 aromatic carbocycles. The van der Waals surface area contributed by atoms with E-state index in [0.29, 0.717) is 0 Å². The van der Waals surface area contributed by atoms with Crippen LogP contribution in [-0.4, -0.2) is 24.2 Å². The van der Waals surface area contributed by atoms with Crippen molar-refractivity contribution in [1.82, 2.24) is 5.32 Å². The minimum atomic E-state index is -1.12. The molecule has 2 aliphatic rings. The van der Waals surface area contributed by atoms with Crippen LogP contribution in [0.4, 0.5) is 4.79 Å². The fourth-order valence-electron chi connectivity index (χ4n) is 3.33. The molecule has 0 radical (unpaired) electrons. The number of amides is 1. The Morgan fingerprint density at radius 3 is 2.12 bits per heavy atom. The number of rotatable bonds is 3. The van der Waals surface area contributed by atoms with Gasteiger partial charge in [0.2, 0.25) is 0 Å². The van der Waals surface area contributed by atoms with Crippen LogP contribution >= 0.6 is 0 Å². The van der Waals surface area contributed by atoms with Crippen molar-refractivity contribution >= 4 is 6.09 Å². The number of hydrogen-bond acceptors (Lipinski definition) is 2. The number of nitrogens with one attached hydrogen (secondary N) is 1. The van der Waals surface area contributed by atoms with Crippen LogP contribution in [0.2, 0.25) is 0 Å². The summed E-state index contributed by atoms with van der Waals surface area (Å²) in [4.78, 5) is 10.4. The van der Waals surface area contributed by atoms with Crippen LogP contribution in [-0.2, 0) is 0 Å². The topological polar surface area (TPSA) is 68.8 Å². The van der Waals surface area contributed by atoms with E-state index in [4.69, 9.17) is 0 Å². The van der Waals surface area contributed by atoms with Gasteiger partial charge in [-0.05, 0) is 38.5 Å². The number of nitrogens with two attached hydrogens (primary N) is 1. The molecule has 0 atom stereocenters. The quantitative estimate of drug-likeness (QED) is 0.736. The molecule has 0 unspecified atom stereocenters. The van der Waals surface area contributed by atoms with Crippen LogP contribution in [0.1, 0.15) is 57.8 Å². The van der Waals surface area contributed by atoms with Crippen molar-refractivity contribution < 1.29 is 15.2 Å². The van der Waals surface area contributed by atoms with Crippen molar-refractivity contribution in [3.8, 4) is 0 Å². The average Bonchev–Trinajstić information content (AvgIpc) is 2.32. The Balaban J connectivity index is 1.66. The molecule has 1 amide bonds. The van der Waals surface area contributed by atoms with Gasteiger partial charge in [-0.2, -0.15) is 0 Å². The Morgan fingerprint density at radius 2 is 1.53 bits per heavy atom. The van der Waals surface area contributed by atoms with E-state index >= 15 is 0 Å². The summed E-state index contributed by atoms with van der Waals surface area (Å²) in [7, 11) is 0. The first-order valence-electron chi connectivity index (χ1n) is 7.06. The van der Waals surface area contributed by atoms with E-state index in [0.717, 1.165) is 37.8 Å². The molecule has 0 aromatic rings. The van der Waals surface area contributed by atoms with Crippen molar-refractivity contribution in [1.29, 1.82) is 0 Å². The minimum Gasteiger partial charge on any atom is -0.530 e. The Kier molecular flexibility index (Phi) is 4.66. The van der Waals surface area contributed by atoms with Crippen molar-refractivity contribution in [2.24, 2.45) is 0 Å². The maximum absolute atomic E-state index is 10.4. The van der Waals surface area contributed by atoms with Crippen LogP contribution in [0.5, 0.6) is 0 Å². The highest BCUT2D eigenvalue weighted by atomic mass is 16.4. The molecule has 17 heavy (non-hydrogen) atoms. The van der Waals surface area contributed by atoms with Crippen LogP contribution in [0.3, 0.4) is 0 Å². The molecule has 2 fully saturated rings. The molecule has 3 N–H and O–H groups in total. The van der Waals surface area contributed by atoms with Gasteiger partial charge in [0.1, 0.15) is 6.09 Å². The lowest BCUT2D eigenvalue weighted by atomic mass is 9.88. The van der Waals surface area contributed by atoms with Crippen molar-refractivity contribution in [2.75, 3.05) is 0 Å². The van der Waals surface area contributed by atoms with Crippen molar-refractivity contribution in [3.05, 3.63) is 0 Å². The highest BCUT2D eigenvalue weighted by Gasteiger charge is 2.26. The van der Waals surface area contributed by atoms with Crippen LogP contribution in [0, 0.1) is 0 Å². The van der Waals surface area contributed by atoms with E-state index in [1.807, 2.05) is 0 Å². The largest absolute Gasteiger partial charge is 0.530 e. The lowest BCUT2D eigenvalue weighted by Gasteiger charge is -2.31. The molecular weight excluding hydrogens is 216 g/mol. The van der Waals surface area contributed by atoms with Gasteiger partial charge in [-0.1, -0.05) is 6.42 Å². The molecule has 98 valence electrons. The monoisotopic (exact) mass is 240 g/mol. The Labute approximate surface area is 103 Å². The van der Waals surface area contributed by atoms with Gasteiger partial charge in [0, 0.05) is 18.9 Å². The van der Waals surface area contributed by atoms with Gasteiger partial charge in [-0.3, -0.25) is 0 Å². The molecule has 2 rings (SSSR count). The van der Waals surface area contributed by atoms with Gasteiger partial charge in [-0.25, -0.2) is 0 Å². The fourth-order valence-corrected chi connectivity index (χ4v) is 3.33. The molecule has 0 aliphatic heterocycles. The minimum absolute atomic E-state index is 0.135. The number of carboxylic acid groups (broad SMARTS) is 1. The van der Waals surface area contributed by atoms with Crippen molar-refractivity contribution in [3.63, 3.8) is 0 Å². The average molecular weight is 240 g/mol. The zero-order valence-corrected chi connectivity index (χ0v) is 10.5. The standard InChI is InChI=1S/C13H24N2O2/c16-13(17)15-12-8-6-11(7-9-12)14-10-4-2-1-3-5-10/h10-12,14-15H,1-9H2,(H,16,17). The summed E-state index contributed by atoms with van der Waals surface area (Å²) < 4.78 is 0. The van der Waals surface area contributed by atoms with Gasteiger partial charge >= 0.3 is 0 Å². The molecule has 0 spiro atoms. The fraction of sp³-hybridized carbons (Fsp3) is 0.923. The summed E-state index contributed by atoms with van der Waals surface area (Å²) in [5.74, 6) is 0. The first-order chi connectivity index (χ1) is 8.24. The van der Waals surface area contributed by atoms with E-state index in [9.17, 15) is 9.90 Å². The third-order valence-electron chi connectivity index (χ3n) is 4.29. The Hall–Kier alpha value is -0.770. The van der Waals surface area contributed by atoms with Crippen molar-refractivity contribution in [2.45, 2.75) is 75.9 Å². The first-order valence-corrected chi connectivity index (χ1v) is 7.06. The highest BCUT2D eigenvalue weighted by molar-refractivity contribution is 5.62. The second-order valence-corrected chi connectivity index (χ2v) is 5.63. The van der Waals surface area contributed by atoms with E-state index in [-0.39, 0.29) is 6.04 Å². The summed E-state index contributed by atoms with van der Waals surface area (Å²) in [6.45, 7) is 0. The SMILES string of the molecule is O=C([O-])NC1CCC([NH2+]C2CCCCC2)CC1. The molecular formula is C13H24N2O2. The smallest absolute Gasteiger partial charge is 0.134 e. The normalized spacial score (nSPS) is 31.1. The molecule has 2 saturated carbocycles. The lowest BCUT2D eigenvalue weighted by Crippen LogP contribution is -2.95. The number of carbonyl (C=O) groups is 1. The van der Waals surface area contributed by atoms with Gasteiger partial charge in [0.05, 0.1) is 12.1 Å². The highest BCUT2D eigenvalue weighted by Crippen LogP contribution is 2.19. The molecule has 0 saturated heterocycles. The first kappa shape index (κ1) is 12.7. The Morgan fingerprint density at radius 1 is 0.941 bits per heavy atom. The predicted molar refractivity (Wildman–Crippen MR) is 63.4 cm³/mol. The van der Waals surface area contributed by atoms with Crippen LogP contribution in [0.25, 0.3) is 0 Å². The second kappa shape index (κ2) is 6.24. The maximum Gasteiger partial charge on any atom is 0.134 e. The summed E-state index contributed by atoms with van der Waals surface area (Å²) in [6, 6.07) is 1.69. The van der Waals surface area contributed by atoms with Gasteiger partial charge in [-0.15, -0.1) is 0 Å². The molecule has 0 aromatic heterocycles. The van der Waals surface area contributed by atoms with Gasteiger partial charge in [0.25, 0.3) is 0 Å². The molecule has 0 bridgehead atoms. The zero-order valence-electron chi connectivity index (χ0n) is 10.5. The maximum atomic E-state index is 10.4. The second-order valence-electron chi connectivity index (χ2n) is 5.63. The summed E-state index contributed by atoms with van der Waals surface area (Å²) in [5, 5.41) is 15.5. The number of quaternary nitrogens is 1. The third-order valence-corrected chi connectivity index (χ3v) is 4.29. The summed E-state index contributed by atoms with van der Waals surface area (Å²) in [6.07, 6.45) is 10.0. The molecule has 4 heteroatoms. The van der Waals surface area contributed by atoms with Crippen LogP contribution < -0.4 is 15.7 Å². The van der Waals surface area contributed by atoms with Gasteiger partial charge < -0.3 is 20.5 Å². The van der Waals surface area contributed by atoms with Gasteiger partial charge in [0.15, 0.2) is 0 Å². The van der Waals surface area contributed by atoms with E-state index < -0.39 is 6.09 Å².